The van der Waals surface area contributed by atoms with Crippen LogP contribution in [0.25, 0.3) is 0 Å². The largest absolute Gasteiger partial charge is 0.469 e. The number of esters is 1. The van der Waals surface area contributed by atoms with Crippen LogP contribution in [0.2, 0.25) is 0 Å². The number of carbonyl (C=O) groups excluding carboxylic acids is 2. The summed E-state index contributed by atoms with van der Waals surface area (Å²) in [5, 5.41) is 0. The van der Waals surface area contributed by atoms with Crippen molar-refractivity contribution in [1.82, 2.24) is 0 Å². The fourth-order valence-electron chi connectivity index (χ4n) is 4.33. The molecule has 5 atom stereocenters. The molecule has 2 rings (SSSR count). The third-order valence-corrected chi connectivity index (χ3v) is 6.57. The molecule has 23 heavy (non-hydrogen) atoms. The topological polar surface area (TPSA) is 61.8 Å². The molecule has 0 heterocycles. The van der Waals surface area contributed by atoms with E-state index in [1.807, 2.05) is 0 Å². The van der Waals surface area contributed by atoms with Gasteiger partial charge in [-0.1, -0.05) is 15.9 Å². The molecule has 0 aromatic rings. The third-order valence-electron chi connectivity index (χ3n) is 5.47. The van der Waals surface area contributed by atoms with E-state index >= 15 is 0 Å². The Labute approximate surface area is 146 Å². The Hall–Kier alpha value is -0.460. The molecule has 132 valence electrons. The molecule has 0 bridgehead atoms. The highest BCUT2D eigenvalue weighted by Gasteiger charge is 2.52. The molecule has 2 aliphatic carbocycles. The highest BCUT2D eigenvalue weighted by molar-refractivity contribution is 9.09. The van der Waals surface area contributed by atoms with Crippen molar-refractivity contribution in [1.29, 1.82) is 0 Å². The summed E-state index contributed by atoms with van der Waals surface area (Å²) in [6.07, 6.45) is 4.57. The van der Waals surface area contributed by atoms with E-state index in [0.717, 1.165) is 32.1 Å². The van der Waals surface area contributed by atoms with E-state index in [1.165, 1.54) is 7.11 Å². The minimum atomic E-state index is -0.218. The second-order valence-electron chi connectivity index (χ2n) is 6.58. The average molecular weight is 391 g/mol. The maximum absolute atomic E-state index is 12.7. The minimum Gasteiger partial charge on any atom is -0.469 e. The van der Waals surface area contributed by atoms with Crippen molar-refractivity contribution in [3.63, 3.8) is 0 Å². The Morgan fingerprint density at radius 3 is 2.57 bits per heavy atom. The Bertz CT molecular complexity index is 423. The number of alkyl halides is 1. The van der Waals surface area contributed by atoms with Gasteiger partial charge < -0.3 is 14.2 Å². The summed E-state index contributed by atoms with van der Waals surface area (Å²) in [6.45, 7) is 0. The Kier molecular flexibility index (Phi) is 7.04. The van der Waals surface area contributed by atoms with Gasteiger partial charge in [-0.05, 0) is 38.0 Å². The van der Waals surface area contributed by atoms with Crippen molar-refractivity contribution in [2.75, 3.05) is 21.3 Å². The first-order valence-electron chi connectivity index (χ1n) is 8.33. The number of hydrogen-bond donors (Lipinski definition) is 0. The molecule has 0 saturated heterocycles. The molecule has 2 saturated carbocycles. The lowest BCUT2D eigenvalue weighted by molar-refractivity contribution is -0.146. The van der Waals surface area contributed by atoms with E-state index in [1.54, 1.807) is 14.2 Å². The number of fused-ring (bicyclic) bond motifs is 1. The predicted molar refractivity (Wildman–Crippen MR) is 89.2 cm³/mol. The first kappa shape index (κ1) is 18.9. The van der Waals surface area contributed by atoms with Gasteiger partial charge in [0.15, 0.2) is 6.29 Å². The van der Waals surface area contributed by atoms with Gasteiger partial charge in [0, 0.05) is 43.2 Å². The summed E-state index contributed by atoms with van der Waals surface area (Å²) in [5.74, 6) is 1.04. The summed E-state index contributed by atoms with van der Waals surface area (Å²) >= 11 is 3.68. The lowest BCUT2D eigenvalue weighted by atomic mass is 9.90. The molecule has 5 nitrogen and oxygen atoms in total. The zero-order valence-electron chi connectivity index (χ0n) is 14.1. The van der Waals surface area contributed by atoms with Gasteiger partial charge >= 0.3 is 5.97 Å². The van der Waals surface area contributed by atoms with Gasteiger partial charge in [-0.15, -0.1) is 0 Å². The maximum Gasteiger partial charge on any atom is 0.305 e. The molecule has 0 aromatic carbocycles. The number of methoxy groups -OCH3 is 3. The zero-order chi connectivity index (χ0) is 17.0. The van der Waals surface area contributed by atoms with Crippen LogP contribution in [0.3, 0.4) is 0 Å². The van der Waals surface area contributed by atoms with E-state index < -0.39 is 0 Å². The number of ketones is 1. The molecule has 2 fully saturated rings. The molecule has 0 amide bonds. The first-order valence-corrected chi connectivity index (χ1v) is 9.25. The second kappa shape index (κ2) is 8.58. The molecular weight excluding hydrogens is 364 g/mol. The van der Waals surface area contributed by atoms with Gasteiger partial charge in [-0.25, -0.2) is 0 Å². The number of halogens is 1. The van der Waals surface area contributed by atoms with Crippen molar-refractivity contribution < 1.29 is 23.8 Å². The normalized spacial score (nSPS) is 31.4. The van der Waals surface area contributed by atoms with Gasteiger partial charge in [-0.3, -0.25) is 9.59 Å². The first-order chi connectivity index (χ1) is 11.0. The minimum absolute atomic E-state index is 0.0415. The number of hydrogen-bond acceptors (Lipinski definition) is 5. The van der Waals surface area contributed by atoms with Crippen LogP contribution in [0.4, 0.5) is 0 Å². The highest BCUT2D eigenvalue weighted by atomic mass is 79.9. The third kappa shape index (κ3) is 4.15. The van der Waals surface area contributed by atoms with Crippen LogP contribution in [-0.4, -0.2) is 44.2 Å². The van der Waals surface area contributed by atoms with Crippen LogP contribution in [0, 0.1) is 23.7 Å². The van der Waals surface area contributed by atoms with E-state index in [2.05, 4.69) is 20.7 Å². The Morgan fingerprint density at radius 2 is 1.96 bits per heavy atom. The number of ether oxygens (including phenoxy) is 3. The summed E-state index contributed by atoms with van der Waals surface area (Å²) < 4.78 is 15.5. The standard InChI is InChI=1S/C17H27BrO5/c1-21-15(19)6-4-5-14(18)13-9-12-10(16(13)20)7-8-11(12)17(22-2)23-3/h10-14,17H,4-9H2,1-3H3. The molecule has 0 N–H and O–H groups in total. The average Bonchev–Trinajstić information content (AvgIpc) is 3.10. The Morgan fingerprint density at radius 1 is 1.26 bits per heavy atom. The molecule has 0 aliphatic heterocycles. The lowest BCUT2D eigenvalue weighted by Gasteiger charge is -2.26. The lowest BCUT2D eigenvalue weighted by Crippen LogP contribution is -2.28. The van der Waals surface area contributed by atoms with Crippen LogP contribution >= 0.6 is 15.9 Å². The number of Topliss-reactive ketones (excluding diaryl/α,β-unsaturated/α-hetero) is 1. The monoisotopic (exact) mass is 390 g/mol. The predicted octanol–water partition coefficient (Wildman–Crippen LogP) is 2.94. The van der Waals surface area contributed by atoms with Crippen molar-refractivity contribution in [2.24, 2.45) is 23.7 Å². The fraction of sp³-hybridized carbons (Fsp3) is 0.882. The van der Waals surface area contributed by atoms with Crippen molar-refractivity contribution in [2.45, 2.75) is 49.6 Å². The fourth-order valence-corrected chi connectivity index (χ4v) is 5.13. The molecule has 2 aliphatic rings. The van der Waals surface area contributed by atoms with Crippen LogP contribution in [-0.2, 0) is 23.8 Å². The molecule has 0 spiro atoms. The van der Waals surface area contributed by atoms with E-state index in [-0.39, 0.29) is 28.9 Å². The molecule has 6 heteroatoms. The summed E-state index contributed by atoms with van der Waals surface area (Å²) in [4.78, 5) is 24.0. The van der Waals surface area contributed by atoms with Gasteiger partial charge in [0.25, 0.3) is 0 Å². The number of carbonyl (C=O) groups is 2. The van der Waals surface area contributed by atoms with Gasteiger partial charge in [0.2, 0.25) is 0 Å². The van der Waals surface area contributed by atoms with Gasteiger partial charge in [0.05, 0.1) is 7.11 Å². The molecule has 5 unspecified atom stereocenters. The maximum atomic E-state index is 12.7. The van der Waals surface area contributed by atoms with Crippen LogP contribution in [0.5, 0.6) is 0 Å². The SMILES string of the molecule is COC(=O)CCCC(Br)C1CC2C(CCC2C(OC)OC)C1=O. The van der Waals surface area contributed by atoms with Crippen LogP contribution in [0.1, 0.15) is 38.5 Å². The molecule has 0 aromatic heterocycles. The quantitative estimate of drug-likeness (QED) is 0.362. The second-order valence-corrected chi connectivity index (χ2v) is 7.76. The van der Waals surface area contributed by atoms with E-state index in [0.29, 0.717) is 24.0 Å². The van der Waals surface area contributed by atoms with Crippen LogP contribution in [0.15, 0.2) is 0 Å². The highest BCUT2D eigenvalue weighted by Crippen LogP contribution is 2.51. The Balaban J connectivity index is 1.91. The summed E-state index contributed by atoms with van der Waals surface area (Å²) in [6, 6.07) is 0. The summed E-state index contributed by atoms with van der Waals surface area (Å²) in [5.41, 5.74) is 0. The van der Waals surface area contributed by atoms with Crippen LogP contribution < -0.4 is 0 Å². The van der Waals surface area contributed by atoms with E-state index in [4.69, 9.17) is 9.47 Å². The molecule has 0 radical (unpaired) electrons. The van der Waals surface area contributed by atoms with E-state index in [9.17, 15) is 9.59 Å². The van der Waals surface area contributed by atoms with Gasteiger partial charge in [0.1, 0.15) is 5.78 Å². The molecular formula is C17H27BrO5. The smallest absolute Gasteiger partial charge is 0.305 e. The number of rotatable bonds is 8. The van der Waals surface area contributed by atoms with Crippen molar-refractivity contribution >= 4 is 27.7 Å². The van der Waals surface area contributed by atoms with Gasteiger partial charge in [-0.2, -0.15) is 0 Å². The zero-order valence-corrected chi connectivity index (χ0v) is 15.7. The van der Waals surface area contributed by atoms with Crippen molar-refractivity contribution in [3.05, 3.63) is 0 Å². The summed E-state index contributed by atoms with van der Waals surface area (Å²) in [7, 11) is 4.73. The van der Waals surface area contributed by atoms with Crippen molar-refractivity contribution in [3.8, 4) is 0 Å².